The maximum atomic E-state index is 12.4. The predicted molar refractivity (Wildman–Crippen MR) is 136 cm³/mol. The molecule has 0 bridgehead atoms. The summed E-state index contributed by atoms with van der Waals surface area (Å²) >= 11 is 0. The number of nitrogens with one attached hydrogen (secondary N) is 1. The smallest absolute Gasteiger partial charge is 0.307 e. The fourth-order valence-corrected chi connectivity index (χ4v) is 4.19. The highest BCUT2D eigenvalue weighted by molar-refractivity contribution is 6.00. The number of carbonyl (C=O) groups is 1. The average Bonchev–Trinajstić information content (AvgIpc) is 3.56. The van der Waals surface area contributed by atoms with Crippen molar-refractivity contribution < 1.29 is 13.9 Å². The topological polar surface area (TPSA) is 73.7 Å². The summed E-state index contributed by atoms with van der Waals surface area (Å²) < 4.78 is 15.7. The molecule has 0 saturated carbocycles. The molecule has 1 amide bonds. The lowest BCUT2D eigenvalue weighted by atomic mass is 10.2. The van der Waals surface area contributed by atoms with E-state index in [4.69, 9.17) is 9.15 Å². The van der Waals surface area contributed by atoms with Crippen LogP contribution in [0, 0.1) is 13.8 Å². The summed E-state index contributed by atoms with van der Waals surface area (Å²) in [6, 6.07) is 23.4. The molecule has 0 saturated heterocycles. The molecule has 0 spiro atoms. The molecule has 0 radical (unpaired) electrons. The van der Waals surface area contributed by atoms with Gasteiger partial charge in [-0.1, -0.05) is 18.2 Å². The Balaban J connectivity index is 1.18. The molecule has 0 aliphatic heterocycles. The lowest BCUT2D eigenvalue weighted by Gasteiger charge is -2.10. The standard InChI is InChI=1S/C28H26N4O3/c1-19-8-9-20(2)32(19)22-10-12-23(13-11-22)34-18-24-14-15-27(35-24)28(33)30-29-16-21-17-31(3)26-7-5-4-6-25(21)26/h4-17H,18H2,1-3H3,(H,30,33). The van der Waals surface area contributed by atoms with Crippen LogP contribution in [-0.2, 0) is 13.7 Å². The number of hydrogen-bond donors (Lipinski definition) is 1. The van der Waals surface area contributed by atoms with E-state index in [0.29, 0.717) is 5.76 Å². The summed E-state index contributed by atoms with van der Waals surface area (Å²) in [7, 11) is 1.98. The molecule has 0 aliphatic carbocycles. The summed E-state index contributed by atoms with van der Waals surface area (Å²) in [5, 5.41) is 5.16. The number of aryl methyl sites for hydroxylation is 3. The highest BCUT2D eigenvalue weighted by Gasteiger charge is 2.11. The summed E-state index contributed by atoms with van der Waals surface area (Å²) in [5.41, 5.74) is 7.98. The molecule has 2 aromatic carbocycles. The largest absolute Gasteiger partial charge is 0.486 e. The van der Waals surface area contributed by atoms with Crippen LogP contribution in [0.1, 0.15) is 33.3 Å². The minimum Gasteiger partial charge on any atom is -0.486 e. The lowest BCUT2D eigenvalue weighted by molar-refractivity contribution is 0.0923. The van der Waals surface area contributed by atoms with Crippen molar-refractivity contribution in [2.45, 2.75) is 20.5 Å². The second-order valence-electron chi connectivity index (χ2n) is 8.41. The summed E-state index contributed by atoms with van der Waals surface area (Å²) in [5.74, 6) is 1.02. The molecule has 7 nitrogen and oxygen atoms in total. The number of carbonyl (C=O) groups excluding carboxylic acids is 1. The molecule has 5 rings (SSSR count). The van der Waals surface area contributed by atoms with Crippen LogP contribution in [-0.4, -0.2) is 21.3 Å². The van der Waals surface area contributed by atoms with Crippen LogP contribution >= 0.6 is 0 Å². The van der Waals surface area contributed by atoms with Gasteiger partial charge in [0.25, 0.3) is 0 Å². The fourth-order valence-electron chi connectivity index (χ4n) is 4.19. The first-order chi connectivity index (χ1) is 17.0. The summed E-state index contributed by atoms with van der Waals surface area (Å²) in [6.45, 7) is 4.38. The SMILES string of the molecule is Cc1ccc(C)n1-c1ccc(OCc2ccc(C(=O)NN=Cc3cn(C)c4ccccc34)o2)cc1. The van der Waals surface area contributed by atoms with Gasteiger partial charge in [-0.15, -0.1) is 0 Å². The number of nitrogens with zero attached hydrogens (tertiary/aromatic N) is 3. The van der Waals surface area contributed by atoms with Crippen molar-refractivity contribution in [1.82, 2.24) is 14.6 Å². The third kappa shape index (κ3) is 4.61. The third-order valence-electron chi connectivity index (χ3n) is 5.93. The monoisotopic (exact) mass is 466 g/mol. The van der Waals surface area contributed by atoms with E-state index in [0.717, 1.165) is 27.9 Å². The molecule has 5 aromatic rings. The van der Waals surface area contributed by atoms with Crippen molar-refractivity contribution >= 4 is 23.0 Å². The Morgan fingerprint density at radius 1 is 1.00 bits per heavy atom. The number of benzene rings is 2. The predicted octanol–water partition coefficient (Wildman–Crippen LogP) is 5.52. The van der Waals surface area contributed by atoms with E-state index in [-0.39, 0.29) is 12.4 Å². The Bertz CT molecular complexity index is 1500. The van der Waals surface area contributed by atoms with Gasteiger partial charge in [0, 0.05) is 46.8 Å². The number of hydrogen-bond acceptors (Lipinski definition) is 4. The second kappa shape index (κ2) is 9.38. The minimum absolute atomic E-state index is 0.174. The van der Waals surface area contributed by atoms with Crippen molar-refractivity contribution in [2.24, 2.45) is 12.1 Å². The van der Waals surface area contributed by atoms with Gasteiger partial charge in [0.1, 0.15) is 18.1 Å². The second-order valence-corrected chi connectivity index (χ2v) is 8.41. The number of rotatable bonds is 7. The van der Waals surface area contributed by atoms with Gasteiger partial charge in [-0.05, 0) is 68.4 Å². The molecule has 7 heteroatoms. The molecule has 35 heavy (non-hydrogen) atoms. The Labute approximate surface area is 203 Å². The molecular weight excluding hydrogens is 440 g/mol. The van der Waals surface area contributed by atoms with Crippen LogP contribution in [0.25, 0.3) is 16.6 Å². The molecule has 1 N–H and O–H groups in total. The van der Waals surface area contributed by atoms with Crippen molar-refractivity contribution in [3.05, 3.63) is 107 Å². The van der Waals surface area contributed by atoms with Crippen molar-refractivity contribution in [3.8, 4) is 11.4 Å². The zero-order chi connectivity index (χ0) is 24.4. The number of amides is 1. The number of furan rings is 1. The lowest BCUT2D eigenvalue weighted by Crippen LogP contribution is -2.16. The minimum atomic E-state index is -0.422. The van der Waals surface area contributed by atoms with Gasteiger partial charge in [-0.25, -0.2) is 5.43 Å². The number of para-hydroxylation sites is 1. The van der Waals surface area contributed by atoms with Gasteiger partial charge in [-0.2, -0.15) is 5.10 Å². The van der Waals surface area contributed by atoms with Crippen LogP contribution in [0.5, 0.6) is 5.75 Å². The normalized spacial score (nSPS) is 11.4. The first kappa shape index (κ1) is 22.3. The Hall–Kier alpha value is -4.52. The van der Waals surface area contributed by atoms with Gasteiger partial charge in [-0.3, -0.25) is 4.79 Å². The fraction of sp³-hybridized carbons (Fsp3) is 0.143. The summed E-state index contributed by atoms with van der Waals surface area (Å²) in [4.78, 5) is 12.4. The molecule has 176 valence electrons. The molecule has 0 fully saturated rings. The molecular formula is C28H26N4O3. The van der Waals surface area contributed by atoms with Gasteiger partial charge < -0.3 is 18.3 Å². The molecule has 3 aromatic heterocycles. The van der Waals surface area contributed by atoms with Gasteiger partial charge in [0.15, 0.2) is 5.76 Å². The van der Waals surface area contributed by atoms with Crippen molar-refractivity contribution in [2.75, 3.05) is 0 Å². The quantitative estimate of drug-likeness (QED) is 0.253. The van der Waals surface area contributed by atoms with Crippen LogP contribution < -0.4 is 10.2 Å². The van der Waals surface area contributed by atoms with Crippen LogP contribution in [0.15, 0.2) is 88.5 Å². The number of aromatic nitrogens is 2. The first-order valence-corrected chi connectivity index (χ1v) is 11.3. The Morgan fingerprint density at radius 3 is 2.51 bits per heavy atom. The van der Waals surface area contributed by atoms with E-state index >= 15 is 0 Å². The highest BCUT2D eigenvalue weighted by Crippen LogP contribution is 2.21. The van der Waals surface area contributed by atoms with Crippen molar-refractivity contribution in [3.63, 3.8) is 0 Å². The number of fused-ring (bicyclic) bond motifs is 1. The Kier molecular flexibility index (Phi) is 5.97. The van der Waals surface area contributed by atoms with Gasteiger partial charge in [0.2, 0.25) is 0 Å². The number of hydrazone groups is 1. The molecule has 0 unspecified atom stereocenters. The maximum absolute atomic E-state index is 12.4. The third-order valence-corrected chi connectivity index (χ3v) is 5.93. The Morgan fingerprint density at radius 2 is 1.74 bits per heavy atom. The van der Waals surface area contributed by atoms with Crippen LogP contribution in [0.2, 0.25) is 0 Å². The van der Waals surface area contributed by atoms with Crippen LogP contribution in [0.3, 0.4) is 0 Å². The van der Waals surface area contributed by atoms with Gasteiger partial charge >= 0.3 is 5.91 Å². The van der Waals surface area contributed by atoms with E-state index in [1.807, 2.05) is 66.3 Å². The van der Waals surface area contributed by atoms with E-state index in [2.05, 4.69) is 41.1 Å². The zero-order valence-electron chi connectivity index (χ0n) is 19.9. The van der Waals surface area contributed by atoms with Crippen molar-refractivity contribution in [1.29, 1.82) is 0 Å². The van der Waals surface area contributed by atoms with E-state index in [1.54, 1.807) is 18.3 Å². The molecule has 3 heterocycles. The average molecular weight is 467 g/mol. The highest BCUT2D eigenvalue weighted by atomic mass is 16.5. The maximum Gasteiger partial charge on any atom is 0.307 e. The molecule has 0 atom stereocenters. The first-order valence-electron chi connectivity index (χ1n) is 11.3. The van der Waals surface area contributed by atoms with Gasteiger partial charge in [0.05, 0.1) is 6.21 Å². The summed E-state index contributed by atoms with van der Waals surface area (Å²) in [6.07, 6.45) is 3.60. The van der Waals surface area contributed by atoms with E-state index < -0.39 is 5.91 Å². The number of ether oxygens (including phenoxy) is 1. The van der Waals surface area contributed by atoms with E-state index in [1.165, 1.54) is 11.4 Å². The zero-order valence-corrected chi connectivity index (χ0v) is 19.9. The molecule has 0 aliphatic rings. The van der Waals surface area contributed by atoms with Crippen LogP contribution in [0.4, 0.5) is 0 Å². The van der Waals surface area contributed by atoms with E-state index in [9.17, 15) is 4.79 Å².